The molecule has 3 nitrogen and oxygen atoms in total. The summed E-state index contributed by atoms with van der Waals surface area (Å²) in [4.78, 5) is 0. The molecule has 102 valence electrons. The topological polar surface area (TPSA) is 54.4 Å². The van der Waals surface area contributed by atoms with Crippen molar-refractivity contribution >= 4 is 21.4 Å². The van der Waals surface area contributed by atoms with Crippen LogP contribution in [-0.2, 0) is 16.3 Å². The summed E-state index contributed by atoms with van der Waals surface area (Å²) in [5, 5.41) is 9.99. The van der Waals surface area contributed by atoms with Crippen LogP contribution in [0.4, 0.5) is 0 Å². The Morgan fingerprint density at radius 2 is 1.89 bits per heavy atom. The Kier molecular flexibility index (Phi) is 6.12. The van der Waals surface area contributed by atoms with Crippen molar-refractivity contribution in [2.45, 2.75) is 19.3 Å². The molecular formula is C13H19ClO3S. The molecule has 0 aliphatic heterocycles. The van der Waals surface area contributed by atoms with E-state index in [0.717, 1.165) is 12.0 Å². The summed E-state index contributed by atoms with van der Waals surface area (Å²) in [6, 6.07) is 7.51. The van der Waals surface area contributed by atoms with Gasteiger partial charge in [-0.15, -0.1) is 0 Å². The maximum absolute atomic E-state index is 11.0. The summed E-state index contributed by atoms with van der Waals surface area (Å²) in [7, 11) is -2.91. The molecule has 0 fully saturated rings. The van der Waals surface area contributed by atoms with Crippen LogP contribution in [-0.4, -0.2) is 32.1 Å². The molecule has 0 aliphatic carbocycles. The van der Waals surface area contributed by atoms with Gasteiger partial charge in [-0.1, -0.05) is 23.7 Å². The molecule has 0 radical (unpaired) electrons. The van der Waals surface area contributed by atoms with Gasteiger partial charge in [-0.3, -0.25) is 0 Å². The van der Waals surface area contributed by atoms with Crippen molar-refractivity contribution in [1.82, 2.24) is 0 Å². The lowest BCUT2D eigenvalue weighted by molar-refractivity contribution is 0.217. The molecule has 0 aliphatic rings. The minimum absolute atomic E-state index is 0.0758. The molecule has 0 amide bonds. The van der Waals surface area contributed by atoms with Gasteiger partial charge in [0.15, 0.2) is 0 Å². The van der Waals surface area contributed by atoms with Crippen LogP contribution in [0, 0.1) is 5.92 Å². The number of benzene rings is 1. The van der Waals surface area contributed by atoms with E-state index >= 15 is 0 Å². The predicted molar refractivity (Wildman–Crippen MR) is 74.7 cm³/mol. The monoisotopic (exact) mass is 290 g/mol. The first-order chi connectivity index (χ1) is 8.40. The van der Waals surface area contributed by atoms with Crippen molar-refractivity contribution in [1.29, 1.82) is 0 Å². The molecular weight excluding hydrogens is 272 g/mol. The average Bonchev–Trinajstić information content (AvgIpc) is 2.29. The second kappa shape index (κ2) is 7.12. The number of aliphatic hydroxyl groups is 1. The molecule has 1 N–H and O–H groups in total. The number of sulfone groups is 1. The first-order valence-corrected chi connectivity index (χ1v) is 8.37. The highest BCUT2D eigenvalue weighted by Gasteiger charge is 2.10. The number of halogens is 1. The molecule has 1 rings (SSSR count). The third-order valence-electron chi connectivity index (χ3n) is 2.82. The SMILES string of the molecule is CS(=O)(=O)CCCC(CO)Cc1ccc(Cl)cc1. The van der Waals surface area contributed by atoms with E-state index in [9.17, 15) is 13.5 Å². The van der Waals surface area contributed by atoms with E-state index in [4.69, 9.17) is 11.6 Å². The van der Waals surface area contributed by atoms with Crippen LogP contribution in [0.5, 0.6) is 0 Å². The van der Waals surface area contributed by atoms with Crippen LogP contribution in [0.2, 0.25) is 5.02 Å². The Morgan fingerprint density at radius 3 is 2.39 bits per heavy atom. The largest absolute Gasteiger partial charge is 0.396 e. The second-order valence-electron chi connectivity index (χ2n) is 4.65. The molecule has 0 heterocycles. The minimum Gasteiger partial charge on any atom is -0.396 e. The van der Waals surface area contributed by atoms with E-state index in [-0.39, 0.29) is 18.3 Å². The molecule has 0 aromatic heterocycles. The van der Waals surface area contributed by atoms with Crippen molar-refractivity contribution in [2.24, 2.45) is 5.92 Å². The van der Waals surface area contributed by atoms with Gasteiger partial charge in [-0.05, 0) is 42.9 Å². The van der Waals surface area contributed by atoms with E-state index in [1.807, 2.05) is 24.3 Å². The summed E-state index contributed by atoms with van der Waals surface area (Å²) >= 11 is 5.80. The summed E-state index contributed by atoms with van der Waals surface area (Å²) in [5.41, 5.74) is 1.11. The Balaban J connectivity index is 2.44. The van der Waals surface area contributed by atoms with E-state index < -0.39 is 9.84 Å². The van der Waals surface area contributed by atoms with Gasteiger partial charge in [-0.25, -0.2) is 8.42 Å². The van der Waals surface area contributed by atoms with Crippen molar-refractivity contribution in [2.75, 3.05) is 18.6 Å². The number of hydrogen-bond donors (Lipinski definition) is 1. The van der Waals surface area contributed by atoms with Gasteiger partial charge in [0.25, 0.3) is 0 Å². The van der Waals surface area contributed by atoms with E-state index in [0.29, 0.717) is 17.9 Å². The first kappa shape index (κ1) is 15.5. The Labute approximate surface area is 114 Å². The van der Waals surface area contributed by atoms with E-state index in [1.54, 1.807) is 0 Å². The molecule has 0 saturated heterocycles. The lowest BCUT2D eigenvalue weighted by Gasteiger charge is -2.13. The third kappa shape index (κ3) is 6.38. The summed E-state index contributed by atoms with van der Waals surface area (Å²) in [6.07, 6.45) is 3.29. The number of rotatable bonds is 7. The maximum atomic E-state index is 11.0. The van der Waals surface area contributed by atoms with Gasteiger partial charge < -0.3 is 5.11 Å². The fourth-order valence-corrected chi connectivity index (χ4v) is 2.66. The van der Waals surface area contributed by atoms with Crippen LogP contribution in [0.3, 0.4) is 0 Å². The summed E-state index contributed by atoms with van der Waals surface area (Å²) in [5.74, 6) is 0.289. The van der Waals surface area contributed by atoms with Gasteiger partial charge in [0.2, 0.25) is 0 Å². The normalized spacial score (nSPS) is 13.5. The molecule has 0 spiro atoms. The van der Waals surface area contributed by atoms with Crippen molar-refractivity contribution in [3.05, 3.63) is 34.9 Å². The molecule has 0 saturated carbocycles. The highest BCUT2D eigenvalue weighted by atomic mass is 35.5. The molecule has 18 heavy (non-hydrogen) atoms. The van der Waals surface area contributed by atoms with Gasteiger partial charge >= 0.3 is 0 Å². The molecule has 1 atom stereocenters. The van der Waals surface area contributed by atoms with Gasteiger partial charge in [0, 0.05) is 23.6 Å². The highest BCUT2D eigenvalue weighted by molar-refractivity contribution is 7.90. The van der Waals surface area contributed by atoms with Crippen molar-refractivity contribution in [3.63, 3.8) is 0 Å². The summed E-state index contributed by atoms with van der Waals surface area (Å²) < 4.78 is 22.0. The van der Waals surface area contributed by atoms with Crippen LogP contribution in [0.15, 0.2) is 24.3 Å². The van der Waals surface area contributed by atoms with E-state index in [1.165, 1.54) is 6.26 Å². The van der Waals surface area contributed by atoms with Crippen LogP contribution >= 0.6 is 11.6 Å². The smallest absolute Gasteiger partial charge is 0.147 e. The van der Waals surface area contributed by atoms with Crippen LogP contribution in [0.1, 0.15) is 18.4 Å². The van der Waals surface area contributed by atoms with Gasteiger partial charge in [0.1, 0.15) is 9.84 Å². The molecule has 1 unspecified atom stereocenters. The Bertz CT molecular complexity index is 454. The predicted octanol–water partition coefficient (Wildman–Crippen LogP) is 2.32. The van der Waals surface area contributed by atoms with Crippen LogP contribution in [0.25, 0.3) is 0 Å². The minimum atomic E-state index is -2.91. The molecule has 1 aromatic rings. The fraction of sp³-hybridized carbons (Fsp3) is 0.538. The zero-order valence-electron chi connectivity index (χ0n) is 10.5. The number of aliphatic hydroxyl groups excluding tert-OH is 1. The molecule has 1 aromatic carbocycles. The molecule has 0 bridgehead atoms. The van der Waals surface area contributed by atoms with Crippen molar-refractivity contribution < 1.29 is 13.5 Å². The Morgan fingerprint density at radius 1 is 1.28 bits per heavy atom. The lowest BCUT2D eigenvalue weighted by Crippen LogP contribution is -2.12. The van der Waals surface area contributed by atoms with Gasteiger partial charge in [0.05, 0.1) is 0 Å². The fourth-order valence-electron chi connectivity index (χ4n) is 1.85. The first-order valence-electron chi connectivity index (χ1n) is 5.94. The third-order valence-corrected chi connectivity index (χ3v) is 4.11. The van der Waals surface area contributed by atoms with E-state index in [2.05, 4.69) is 0 Å². The lowest BCUT2D eigenvalue weighted by atomic mass is 9.96. The summed E-state index contributed by atoms with van der Waals surface area (Å²) in [6.45, 7) is 0.0758. The van der Waals surface area contributed by atoms with Crippen molar-refractivity contribution in [3.8, 4) is 0 Å². The zero-order valence-corrected chi connectivity index (χ0v) is 12.0. The van der Waals surface area contributed by atoms with Gasteiger partial charge in [-0.2, -0.15) is 0 Å². The Hall–Kier alpha value is -0.580. The standard InChI is InChI=1S/C13H19ClO3S/c1-18(16,17)8-2-3-12(10-15)9-11-4-6-13(14)7-5-11/h4-7,12,15H,2-3,8-10H2,1H3. The zero-order chi connectivity index (χ0) is 13.6. The maximum Gasteiger partial charge on any atom is 0.147 e. The highest BCUT2D eigenvalue weighted by Crippen LogP contribution is 2.16. The second-order valence-corrected chi connectivity index (χ2v) is 7.35. The van der Waals surface area contributed by atoms with Crippen LogP contribution < -0.4 is 0 Å². The molecule has 5 heteroatoms. The average molecular weight is 291 g/mol. The quantitative estimate of drug-likeness (QED) is 0.838. The number of hydrogen-bond acceptors (Lipinski definition) is 3.